The van der Waals surface area contributed by atoms with E-state index in [-0.39, 0.29) is 17.6 Å². The third kappa shape index (κ3) is 4.06. The number of nitrogens with zero attached hydrogens (tertiary/aromatic N) is 6. The highest BCUT2D eigenvalue weighted by Gasteiger charge is 2.35. The van der Waals surface area contributed by atoms with Crippen LogP contribution in [0.1, 0.15) is 63.8 Å². The number of rotatable bonds is 4. The summed E-state index contributed by atoms with van der Waals surface area (Å²) in [6, 6.07) is 8.00. The van der Waals surface area contributed by atoms with Crippen molar-refractivity contribution in [2.45, 2.75) is 52.4 Å². The topological polar surface area (TPSA) is 109 Å². The quantitative estimate of drug-likeness (QED) is 0.596. The summed E-state index contributed by atoms with van der Waals surface area (Å²) in [4.78, 5) is 20.1. The van der Waals surface area contributed by atoms with Gasteiger partial charge in [0.25, 0.3) is 0 Å². The number of carbonyl (C=O) groups excluding carboxylic acids is 1. The summed E-state index contributed by atoms with van der Waals surface area (Å²) in [6.45, 7) is 11.0. The number of carbonyl (C=O) groups is 1. The zero-order valence-corrected chi connectivity index (χ0v) is 19.8. The summed E-state index contributed by atoms with van der Waals surface area (Å²) in [5.41, 5.74) is 6.11. The van der Waals surface area contributed by atoms with Crippen molar-refractivity contribution in [2.24, 2.45) is 0 Å². The lowest BCUT2D eigenvalue weighted by molar-refractivity contribution is 0.0535. The number of cyclic esters (lactones) is 1. The van der Waals surface area contributed by atoms with Crippen molar-refractivity contribution in [3.63, 3.8) is 0 Å². The summed E-state index contributed by atoms with van der Waals surface area (Å²) in [6.07, 6.45) is 3.32. The van der Waals surface area contributed by atoms with E-state index in [1.165, 1.54) is 10.4 Å². The molecule has 0 amide bonds. The molecule has 9 nitrogen and oxygen atoms in total. The van der Waals surface area contributed by atoms with Crippen LogP contribution in [0.3, 0.4) is 0 Å². The molecule has 174 valence electrons. The molecule has 0 aliphatic carbocycles. The molecule has 1 aromatic carbocycles. The highest BCUT2D eigenvalue weighted by molar-refractivity contribution is 5.94. The Morgan fingerprint density at radius 1 is 1.29 bits per heavy atom. The number of aryl methyl sites for hydroxylation is 1. The molecule has 1 saturated heterocycles. The lowest BCUT2D eigenvalue weighted by Gasteiger charge is -2.44. The summed E-state index contributed by atoms with van der Waals surface area (Å²) in [7, 11) is 0. The van der Waals surface area contributed by atoms with Gasteiger partial charge in [-0.2, -0.15) is 15.5 Å². The average Bonchev–Trinajstić information content (AvgIpc) is 3.40. The van der Waals surface area contributed by atoms with E-state index in [9.17, 15) is 4.79 Å². The highest BCUT2D eigenvalue weighted by atomic mass is 16.5. The number of fused-ring (bicyclic) bond motifs is 1. The second kappa shape index (κ2) is 8.31. The third-order valence-electron chi connectivity index (χ3n) is 6.55. The van der Waals surface area contributed by atoms with Crippen LogP contribution in [0.2, 0.25) is 0 Å². The lowest BCUT2D eigenvalue weighted by Crippen LogP contribution is -2.58. The van der Waals surface area contributed by atoms with Crippen molar-refractivity contribution in [2.75, 3.05) is 13.1 Å². The molecule has 0 unspecified atom stereocenters. The van der Waals surface area contributed by atoms with Gasteiger partial charge in [0.1, 0.15) is 12.7 Å². The first kappa shape index (κ1) is 22.2. The van der Waals surface area contributed by atoms with Crippen molar-refractivity contribution < 1.29 is 9.53 Å². The number of pyridine rings is 1. The van der Waals surface area contributed by atoms with Gasteiger partial charge in [-0.05, 0) is 56.5 Å². The number of hydrogen-bond donors (Lipinski definition) is 1. The van der Waals surface area contributed by atoms with Crippen molar-refractivity contribution >= 4 is 5.97 Å². The fraction of sp³-hybridized carbons (Fsp3) is 0.400. The first-order valence-corrected chi connectivity index (χ1v) is 11.3. The number of piperazine rings is 1. The zero-order valence-electron chi connectivity index (χ0n) is 19.8. The van der Waals surface area contributed by atoms with Crippen LogP contribution in [-0.2, 0) is 17.9 Å². The van der Waals surface area contributed by atoms with Gasteiger partial charge in [0.05, 0.1) is 23.0 Å². The lowest BCUT2D eigenvalue weighted by atomic mass is 9.89. The minimum absolute atomic E-state index is 0.109. The van der Waals surface area contributed by atoms with E-state index in [4.69, 9.17) is 10.00 Å². The molecule has 0 radical (unpaired) electrons. The molecule has 0 bridgehead atoms. The molecule has 4 heterocycles. The number of aromatic nitrogens is 4. The van der Waals surface area contributed by atoms with Crippen LogP contribution in [0.5, 0.6) is 0 Å². The van der Waals surface area contributed by atoms with Crippen molar-refractivity contribution in [3.05, 3.63) is 69.7 Å². The van der Waals surface area contributed by atoms with Crippen LogP contribution < -0.4 is 5.32 Å². The maximum absolute atomic E-state index is 11.9. The first-order chi connectivity index (χ1) is 16.2. The largest absolute Gasteiger partial charge is 0.457 e. The van der Waals surface area contributed by atoms with E-state index >= 15 is 0 Å². The monoisotopic (exact) mass is 457 g/mol. The minimum Gasteiger partial charge on any atom is -0.457 e. The Morgan fingerprint density at radius 3 is 2.88 bits per heavy atom. The number of nitriles is 1. The summed E-state index contributed by atoms with van der Waals surface area (Å²) < 4.78 is 5.24. The van der Waals surface area contributed by atoms with Gasteiger partial charge in [-0.15, -0.1) is 4.80 Å². The number of esters is 1. The van der Waals surface area contributed by atoms with Gasteiger partial charge in [-0.1, -0.05) is 6.07 Å². The normalized spacial score (nSPS) is 19.5. The molecule has 2 aliphatic rings. The molecule has 2 aromatic heterocycles. The molecule has 9 heteroatoms. The van der Waals surface area contributed by atoms with Gasteiger partial charge in [0, 0.05) is 43.0 Å². The van der Waals surface area contributed by atoms with Crippen LogP contribution in [0, 0.1) is 25.2 Å². The van der Waals surface area contributed by atoms with Crippen LogP contribution in [0.15, 0.2) is 30.6 Å². The van der Waals surface area contributed by atoms with Crippen molar-refractivity contribution in [3.8, 4) is 11.9 Å². The Kier molecular flexibility index (Phi) is 5.42. The maximum Gasteiger partial charge on any atom is 0.338 e. The first-order valence-electron chi connectivity index (χ1n) is 11.3. The van der Waals surface area contributed by atoms with E-state index in [0.717, 1.165) is 35.5 Å². The van der Waals surface area contributed by atoms with Gasteiger partial charge < -0.3 is 10.1 Å². The summed E-state index contributed by atoms with van der Waals surface area (Å²) in [5, 5.41) is 21.9. The summed E-state index contributed by atoms with van der Waals surface area (Å²) in [5.74, 6) is 0.352. The van der Waals surface area contributed by atoms with E-state index in [0.29, 0.717) is 30.1 Å². The second-order valence-corrected chi connectivity index (χ2v) is 9.73. The number of nitrogens with one attached hydrogen (secondary N) is 1. The highest BCUT2D eigenvalue weighted by Crippen LogP contribution is 2.32. The van der Waals surface area contributed by atoms with Gasteiger partial charge in [-0.3, -0.25) is 4.90 Å². The molecular formula is C25H27N7O2. The van der Waals surface area contributed by atoms with Crippen LogP contribution in [-0.4, -0.2) is 49.5 Å². The molecule has 1 fully saturated rings. The predicted octanol–water partition coefficient (Wildman–Crippen LogP) is 2.75. The molecule has 5 rings (SSSR count). The number of benzene rings is 1. The van der Waals surface area contributed by atoms with Crippen molar-refractivity contribution in [1.82, 2.24) is 30.2 Å². The fourth-order valence-electron chi connectivity index (χ4n) is 4.96. The Balaban J connectivity index is 1.36. The third-order valence-corrected chi connectivity index (χ3v) is 6.55. The number of ether oxygens (including phenoxy) is 1. The van der Waals surface area contributed by atoms with Crippen LogP contribution in [0.4, 0.5) is 0 Å². The van der Waals surface area contributed by atoms with Gasteiger partial charge in [0.15, 0.2) is 5.82 Å². The van der Waals surface area contributed by atoms with Crippen LogP contribution >= 0.6 is 0 Å². The molecule has 34 heavy (non-hydrogen) atoms. The SMILES string of the molecule is Cc1cc(-n2ncc(CN3C[C@H](c4ccc5c(c4C)COC5=O)NC(C)(C)C3)n2)ncc1C#N. The molecule has 0 spiro atoms. The zero-order chi connectivity index (χ0) is 24.0. The van der Waals surface area contributed by atoms with Crippen molar-refractivity contribution in [1.29, 1.82) is 5.26 Å². The molecule has 0 saturated carbocycles. The average molecular weight is 458 g/mol. The Bertz CT molecular complexity index is 1320. The maximum atomic E-state index is 11.9. The van der Waals surface area contributed by atoms with Gasteiger partial charge >= 0.3 is 5.97 Å². The van der Waals surface area contributed by atoms with E-state index in [1.54, 1.807) is 12.4 Å². The molecule has 1 atom stereocenters. The molecule has 3 aromatic rings. The minimum atomic E-state index is -0.238. The summed E-state index contributed by atoms with van der Waals surface area (Å²) >= 11 is 0. The molecule has 1 N–H and O–H groups in total. The second-order valence-electron chi connectivity index (χ2n) is 9.73. The van der Waals surface area contributed by atoms with Gasteiger partial charge in [-0.25, -0.2) is 9.78 Å². The Labute approximate surface area is 198 Å². The molecule has 2 aliphatic heterocycles. The standard InChI is InChI=1S/C25H27N7O2/c1-15-7-23(27-9-17(15)8-26)32-28-10-18(30-32)11-31-12-22(29-25(3,4)14-31)19-5-6-20-21(16(19)2)13-34-24(20)33/h5-7,9-10,22,29H,11-14H2,1-4H3/t22-/m1/s1. The number of hydrogen-bond acceptors (Lipinski definition) is 8. The van der Waals surface area contributed by atoms with E-state index in [1.807, 2.05) is 25.1 Å². The van der Waals surface area contributed by atoms with Crippen LogP contribution in [0.25, 0.3) is 5.82 Å². The van der Waals surface area contributed by atoms with E-state index < -0.39 is 0 Å². The Hall–Kier alpha value is -3.61. The fourth-order valence-corrected chi connectivity index (χ4v) is 4.96. The predicted molar refractivity (Wildman–Crippen MR) is 124 cm³/mol. The van der Waals surface area contributed by atoms with Gasteiger partial charge in [0.2, 0.25) is 0 Å². The van der Waals surface area contributed by atoms with E-state index in [2.05, 4.69) is 52.2 Å². The smallest absolute Gasteiger partial charge is 0.338 e. The molecular weight excluding hydrogens is 430 g/mol. The Morgan fingerprint density at radius 2 is 2.12 bits per heavy atom.